The summed E-state index contributed by atoms with van der Waals surface area (Å²) in [5.74, 6) is 0.195. The summed E-state index contributed by atoms with van der Waals surface area (Å²) in [6.07, 6.45) is -0.143. The van der Waals surface area contributed by atoms with E-state index >= 15 is 0 Å². The first-order valence-electron chi connectivity index (χ1n) is 6.57. The second kappa shape index (κ2) is 7.84. The van der Waals surface area contributed by atoms with Crippen molar-refractivity contribution in [3.8, 4) is 5.75 Å². The lowest BCUT2D eigenvalue weighted by atomic mass is 10.3. The number of ether oxygens (including phenoxy) is 3. The predicted molar refractivity (Wildman–Crippen MR) is 80.2 cm³/mol. The largest absolute Gasteiger partial charge is 0.488 e. The zero-order valence-electron chi connectivity index (χ0n) is 11.7. The van der Waals surface area contributed by atoms with E-state index in [0.717, 1.165) is 0 Å². The van der Waals surface area contributed by atoms with E-state index in [4.69, 9.17) is 32.7 Å². The van der Waals surface area contributed by atoms with E-state index < -0.39 is 0 Å². The number of carbonyl (C=O) groups excluding carboxylic acids is 1. The van der Waals surface area contributed by atoms with Gasteiger partial charge in [-0.15, -0.1) is 0 Å². The van der Waals surface area contributed by atoms with Crippen LogP contribution in [-0.4, -0.2) is 56.9 Å². The maximum atomic E-state index is 11.3. The van der Waals surface area contributed by atoms with Crippen LogP contribution in [0, 0.1) is 0 Å². The number of esters is 1. The standard InChI is InChI=1S/C14H17Cl2NO4/c1-19-13(18)8-17-5-6-20-10(7-17)9-21-14-11(15)3-2-4-12(14)16/h2-4,10H,5-9H2,1H3/t10-/m0/s1. The Bertz CT molecular complexity index is 478. The maximum absolute atomic E-state index is 11.3. The Balaban J connectivity index is 1.87. The van der Waals surface area contributed by atoms with Gasteiger partial charge in [-0.05, 0) is 12.1 Å². The third-order valence-electron chi connectivity index (χ3n) is 3.14. The average molecular weight is 334 g/mol. The molecular weight excluding hydrogens is 317 g/mol. The van der Waals surface area contributed by atoms with Crippen molar-refractivity contribution in [1.82, 2.24) is 4.90 Å². The molecule has 7 heteroatoms. The van der Waals surface area contributed by atoms with Gasteiger partial charge in [0.1, 0.15) is 12.7 Å². The zero-order chi connectivity index (χ0) is 15.2. The van der Waals surface area contributed by atoms with Gasteiger partial charge in [0, 0.05) is 13.1 Å². The highest BCUT2D eigenvalue weighted by molar-refractivity contribution is 6.37. The molecule has 0 radical (unpaired) electrons. The van der Waals surface area contributed by atoms with Crippen LogP contribution in [0.25, 0.3) is 0 Å². The summed E-state index contributed by atoms with van der Waals surface area (Å²) in [6, 6.07) is 5.19. The van der Waals surface area contributed by atoms with Gasteiger partial charge in [0.2, 0.25) is 0 Å². The molecule has 0 aromatic heterocycles. The summed E-state index contributed by atoms with van der Waals surface area (Å²) < 4.78 is 15.9. The Morgan fingerprint density at radius 3 is 2.81 bits per heavy atom. The number of hydrogen-bond donors (Lipinski definition) is 0. The third kappa shape index (κ3) is 4.74. The van der Waals surface area contributed by atoms with Crippen LogP contribution in [0.1, 0.15) is 0 Å². The predicted octanol–water partition coefficient (Wildman–Crippen LogP) is 2.25. The first-order valence-corrected chi connectivity index (χ1v) is 7.33. The molecule has 0 aliphatic carbocycles. The molecular formula is C14H17Cl2NO4. The lowest BCUT2D eigenvalue weighted by molar-refractivity contribution is -0.144. The minimum absolute atomic E-state index is 0.143. The summed E-state index contributed by atoms with van der Waals surface area (Å²) >= 11 is 12.1. The Morgan fingerprint density at radius 2 is 2.14 bits per heavy atom. The SMILES string of the molecule is COC(=O)CN1CCO[C@H](COc2c(Cl)cccc2Cl)C1. The van der Waals surface area contributed by atoms with Crippen LogP contribution in [0.4, 0.5) is 0 Å². The minimum atomic E-state index is -0.259. The molecule has 0 saturated carbocycles. The van der Waals surface area contributed by atoms with Gasteiger partial charge in [-0.2, -0.15) is 0 Å². The number of methoxy groups -OCH3 is 1. The van der Waals surface area contributed by atoms with E-state index in [2.05, 4.69) is 4.74 Å². The fourth-order valence-corrected chi connectivity index (χ4v) is 2.58. The van der Waals surface area contributed by atoms with Crippen molar-refractivity contribution in [2.45, 2.75) is 6.10 Å². The van der Waals surface area contributed by atoms with Crippen molar-refractivity contribution in [2.75, 3.05) is 40.0 Å². The Morgan fingerprint density at radius 1 is 1.43 bits per heavy atom. The number of morpholine rings is 1. The number of carbonyl (C=O) groups is 1. The molecule has 0 unspecified atom stereocenters. The molecule has 1 aromatic rings. The van der Waals surface area contributed by atoms with Crippen LogP contribution in [0.5, 0.6) is 5.75 Å². The highest BCUT2D eigenvalue weighted by atomic mass is 35.5. The summed E-state index contributed by atoms with van der Waals surface area (Å²) in [5, 5.41) is 0.925. The summed E-state index contributed by atoms with van der Waals surface area (Å²) in [7, 11) is 1.38. The molecule has 1 fully saturated rings. The van der Waals surface area contributed by atoms with Gasteiger partial charge in [-0.25, -0.2) is 0 Å². The van der Waals surface area contributed by atoms with Gasteiger partial charge in [-0.1, -0.05) is 29.3 Å². The molecule has 1 aliphatic heterocycles. The van der Waals surface area contributed by atoms with Crippen molar-refractivity contribution in [1.29, 1.82) is 0 Å². The van der Waals surface area contributed by atoms with Gasteiger partial charge >= 0.3 is 5.97 Å². The monoisotopic (exact) mass is 333 g/mol. The number of para-hydroxylation sites is 1. The van der Waals surface area contributed by atoms with Gasteiger partial charge in [0.15, 0.2) is 5.75 Å². The van der Waals surface area contributed by atoms with E-state index in [1.807, 2.05) is 4.90 Å². The van der Waals surface area contributed by atoms with Gasteiger partial charge in [0.05, 0.1) is 30.3 Å². The van der Waals surface area contributed by atoms with Crippen LogP contribution in [0.2, 0.25) is 10.0 Å². The Labute approximate surface area is 133 Å². The Hall–Kier alpha value is -1.01. The van der Waals surface area contributed by atoms with Crippen LogP contribution < -0.4 is 4.74 Å². The minimum Gasteiger partial charge on any atom is -0.488 e. The van der Waals surface area contributed by atoms with Crippen molar-refractivity contribution in [3.63, 3.8) is 0 Å². The number of benzene rings is 1. The first kappa shape index (κ1) is 16.4. The molecule has 0 amide bonds. The molecule has 1 aromatic carbocycles. The van der Waals surface area contributed by atoms with E-state index in [-0.39, 0.29) is 18.6 Å². The summed E-state index contributed by atoms with van der Waals surface area (Å²) in [5.41, 5.74) is 0. The lowest BCUT2D eigenvalue weighted by Gasteiger charge is -2.32. The fourth-order valence-electron chi connectivity index (χ4n) is 2.07. The smallest absolute Gasteiger partial charge is 0.319 e. The molecule has 0 bridgehead atoms. The van der Waals surface area contributed by atoms with E-state index in [1.165, 1.54) is 7.11 Å². The van der Waals surface area contributed by atoms with E-state index in [9.17, 15) is 4.79 Å². The van der Waals surface area contributed by atoms with Crippen molar-refractivity contribution in [2.24, 2.45) is 0 Å². The maximum Gasteiger partial charge on any atom is 0.319 e. The fraction of sp³-hybridized carbons (Fsp3) is 0.500. The third-order valence-corrected chi connectivity index (χ3v) is 3.73. The molecule has 2 rings (SSSR count). The first-order chi connectivity index (χ1) is 10.1. The highest BCUT2D eigenvalue weighted by Crippen LogP contribution is 2.32. The quantitative estimate of drug-likeness (QED) is 0.773. The van der Waals surface area contributed by atoms with E-state index in [0.29, 0.717) is 42.1 Å². The van der Waals surface area contributed by atoms with Gasteiger partial charge in [-0.3, -0.25) is 9.69 Å². The molecule has 1 aliphatic rings. The molecule has 116 valence electrons. The Kier molecular flexibility index (Phi) is 6.11. The molecule has 1 heterocycles. The van der Waals surface area contributed by atoms with Crippen LogP contribution >= 0.6 is 23.2 Å². The lowest BCUT2D eigenvalue weighted by Crippen LogP contribution is -2.46. The van der Waals surface area contributed by atoms with Crippen LogP contribution in [0.15, 0.2) is 18.2 Å². The van der Waals surface area contributed by atoms with Crippen molar-refractivity contribution in [3.05, 3.63) is 28.2 Å². The molecule has 1 atom stereocenters. The van der Waals surface area contributed by atoms with Crippen LogP contribution in [0.3, 0.4) is 0 Å². The van der Waals surface area contributed by atoms with Crippen molar-refractivity contribution >= 4 is 29.2 Å². The van der Waals surface area contributed by atoms with Gasteiger partial charge < -0.3 is 14.2 Å². The van der Waals surface area contributed by atoms with Crippen LogP contribution in [-0.2, 0) is 14.3 Å². The normalized spacial score (nSPS) is 19.3. The number of rotatable bonds is 5. The second-order valence-corrected chi connectivity index (χ2v) is 5.48. The number of nitrogens with zero attached hydrogens (tertiary/aromatic N) is 1. The molecule has 0 spiro atoms. The zero-order valence-corrected chi connectivity index (χ0v) is 13.2. The number of halogens is 2. The average Bonchev–Trinajstić information content (AvgIpc) is 2.47. The second-order valence-electron chi connectivity index (χ2n) is 4.67. The summed E-state index contributed by atoms with van der Waals surface area (Å²) in [4.78, 5) is 13.3. The van der Waals surface area contributed by atoms with E-state index in [1.54, 1.807) is 18.2 Å². The molecule has 0 N–H and O–H groups in total. The van der Waals surface area contributed by atoms with Crippen molar-refractivity contribution < 1.29 is 19.0 Å². The summed E-state index contributed by atoms with van der Waals surface area (Å²) in [6.45, 7) is 2.40. The molecule has 21 heavy (non-hydrogen) atoms. The number of hydrogen-bond acceptors (Lipinski definition) is 5. The molecule has 1 saturated heterocycles. The topological polar surface area (TPSA) is 48.0 Å². The highest BCUT2D eigenvalue weighted by Gasteiger charge is 2.23. The van der Waals surface area contributed by atoms with Gasteiger partial charge in [0.25, 0.3) is 0 Å². The molecule has 5 nitrogen and oxygen atoms in total.